The first kappa shape index (κ1) is 29.2. The van der Waals surface area contributed by atoms with E-state index in [0.717, 1.165) is 22.3 Å². The molecule has 0 aliphatic carbocycles. The van der Waals surface area contributed by atoms with Gasteiger partial charge in [0.1, 0.15) is 12.6 Å². The third-order valence-electron chi connectivity index (χ3n) is 6.00. The van der Waals surface area contributed by atoms with Crippen molar-refractivity contribution in [1.29, 1.82) is 0 Å². The summed E-state index contributed by atoms with van der Waals surface area (Å²) in [4.78, 5) is 38.6. The van der Waals surface area contributed by atoms with Gasteiger partial charge in [0.2, 0.25) is 0 Å². The summed E-state index contributed by atoms with van der Waals surface area (Å²) in [6, 6.07) is 21.9. The predicted octanol–water partition coefficient (Wildman–Crippen LogP) is 3.70. The molecule has 0 fully saturated rings. The molecule has 3 rings (SSSR count). The zero-order valence-electron chi connectivity index (χ0n) is 22.1. The molecule has 3 aromatic carbocycles. The number of benzene rings is 3. The van der Waals surface area contributed by atoms with Gasteiger partial charge in [0, 0.05) is 18.7 Å². The summed E-state index contributed by atoms with van der Waals surface area (Å²) in [5, 5.41) is 22.7. The Morgan fingerprint density at radius 3 is 2.03 bits per heavy atom. The number of carbonyl (C=O) groups excluding carboxylic acids is 2. The van der Waals surface area contributed by atoms with E-state index in [9.17, 15) is 24.6 Å². The van der Waals surface area contributed by atoms with Gasteiger partial charge in [-0.3, -0.25) is 0 Å². The summed E-state index contributed by atoms with van der Waals surface area (Å²) < 4.78 is 5.17. The largest absolute Gasteiger partial charge is 0.480 e. The number of hydrogen-bond acceptors (Lipinski definition) is 6. The van der Waals surface area contributed by atoms with Gasteiger partial charge in [0.25, 0.3) is 0 Å². The third-order valence-corrected chi connectivity index (χ3v) is 6.00. The smallest absolute Gasteiger partial charge is 0.337 e. The van der Waals surface area contributed by atoms with Crippen LogP contribution in [-0.4, -0.2) is 58.3 Å². The van der Waals surface area contributed by atoms with Crippen LogP contribution in [0.25, 0.3) is 11.1 Å². The Bertz CT molecular complexity index is 1230. The van der Waals surface area contributed by atoms with Crippen molar-refractivity contribution in [2.45, 2.75) is 39.0 Å². The molecule has 206 valence electrons. The number of nitrogens with one attached hydrogen (secondary N) is 1. The highest BCUT2D eigenvalue weighted by Gasteiger charge is 2.28. The molecule has 0 saturated heterocycles. The number of aliphatic hydroxyl groups is 1. The lowest BCUT2D eigenvalue weighted by molar-refractivity contribution is -0.155. The number of nitrogens with zero attached hydrogens (tertiary/aromatic N) is 1. The highest BCUT2D eigenvalue weighted by Crippen LogP contribution is 2.21. The standard InChI is InChI=1S/C30H35N3O6/c1-20(2)17-33(18-27(34)29(37)39-19-22-6-4-3-5-7-22)30(38)32-26(28(35)36)16-21-8-10-23(11-9-21)24-12-14-25(31)15-13-24/h3-15,20,26-27,34H,16-19,31H2,1-2H3,(H,32,38)(H,35,36)/t26-,27?/m0/s1. The summed E-state index contributed by atoms with van der Waals surface area (Å²) in [5.74, 6) is -2.05. The minimum atomic E-state index is -1.58. The number of esters is 1. The van der Waals surface area contributed by atoms with Crippen molar-refractivity contribution in [3.63, 3.8) is 0 Å². The van der Waals surface area contributed by atoms with E-state index in [2.05, 4.69) is 5.32 Å². The number of ether oxygens (including phenoxy) is 1. The van der Waals surface area contributed by atoms with Gasteiger partial charge in [-0.25, -0.2) is 14.4 Å². The van der Waals surface area contributed by atoms with Gasteiger partial charge in [-0.15, -0.1) is 0 Å². The number of carboxylic acids is 1. The van der Waals surface area contributed by atoms with E-state index < -0.39 is 30.1 Å². The first-order valence-electron chi connectivity index (χ1n) is 12.7. The maximum Gasteiger partial charge on any atom is 0.337 e. The number of amides is 2. The summed E-state index contributed by atoms with van der Waals surface area (Å²) in [5.41, 5.74) is 9.83. The summed E-state index contributed by atoms with van der Waals surface area (Å²) >= 11 is 0. The van der Waals surface area contributed by atoms with E-state index in [1.54, 1.807) is 24.3 Å². The number of nitrogen functional groups attached to an aromatic ring is 1. The second kappa shape index (κ2) is 14.0. The number of carboxylic acid groups (broad SMARTS) is 1. The van der Waals surface area contributed by atoms with Crippen LogP contribution in [0.1, 0.15) is 25.0 Å². The second-order valence-corrected chi connectivity index (χ2v) is 9.77. The van der Waals surface area contributed by atoms with Gasteiger partial charge in [0.15, 0.2) is 6.10 Å². The van der Waals surface area contributed by atoms with Gasteiger partial charge in [-0.2, -0.15) is 0 Å². The van der Waals surface area contributed by atoms with Gasteiger partial charge >= 0.3 is 18.0 Å². The molecule has 0 bridgehead atoms. The number of nitrogens with two attached hydrogens (primary N) is 1. The summed E-state index contributed by atoms with van der Waals surface area (Å²) in [6.45, 7) is 3.61. The van der Waals surface area contributed by atoms with Crippen LogP contribution in [0.4, 0.5) is 10.5 Å². The first-order chi connectivity index (χ1) is 18.6. The van der Waals surface area contributed by atoms with E-state index in [-0.39, 0.29) is 32.0 Å². The molecule has 0 aliphatic heterocycles. The minimum absolute atomic E-state index is 0.00690. The summed E-state index contributed by atoms with van der Waals surface area (Å²) in [6.07, 6.45) is -1.53. The molecule has 0 heterocycles. The number of aliphatic hydroxyl groups excluding tert-OH is 1. The van der Waals surface area contributed by atoms with Crippen LogP contribution in [0, 0.1) is 5.92 Å². The molecule has 39 heavy (non-hydrogen) atoms. The monoisotopic (exact) mass is 533 g/mol. The minimum Gasteiger partial charge on any atom is -0.480 e. The molecular formula is C30H35N3O6. The number of carbonyl (C=O) groups is 3. The predicted molar refractivity (Wildman–Crippen MR) is 149 cm³/mol. The van der Waals surface area contributed by atoms with E-state index in [1.165, 1.54) is 4.90 Å². The second-order valence-electron chi connectivity index (χ2n) is 9.77. The number of urea groups is 1. The zero-order valence-corrected chi connectivity index (χ0v) is 22.1. The SMILES string of the molecule is CC(C)CN(CC(O)C(=O)OCc1ccccc1)C(=O)N[C@@H](Cc1ccc(-c2ccc(N)cc2)cc1)C(=O)O. The van der Waals surface area contributed by atoms with Gasteiger partial charge in [-0.1, -0.05) is 80.6 Å². The van der Waals surface area contributed by atoms with Crippen LogP contribution in [0.2, 0.25) is 0 Å². The van der Waals surface area contributed by atoms with Crippen LogP contribution in [-0.2, 0) is 27.4 Å². The van der Waals surface area contributed by atoms with Crippen molar-refractivity contribution >= 4 is 23.7 Å². The Balaban J connectivity index is 1.62. The molecule has 0 aromatic heterocycles. The first-order valence-corrected chi connectivity index (χ1v) is 12.7. The Labute approximate surface area is 228 Å². The van der Waals surface area contributed by atoms with Gasteiger partial charge in [0.05, 0.1) is 6.54 Å². The van der Waals surface area contributed by atoms with Gasteiger partial charge < -0.3 is 30.9 Å². The fourth-order valence-corrected chi connectivity index (χ4v) is 3.97. The molecule has 3 aromatic rings. The van der Waals surface area contributed by atoms with Crippen molar-refractivity contribution in [3.05, 3.63) is 90.0 Å². The fraction of sp³-hybridized carbons (Fsp3) is 0.300. The fourth-order valence-electron chi connectivity index (χ4n) is 3.97. The van der Waals surface area contributed by atoms with Crippen LogP contribution in [0.3, 0.4) is 0 Å². The van der Waals surface area contributed by atoms with Crippen LogP contribution in [0.5, 0.6) is 0 Å². The average Bonchev–Trinajstić information content (AvgIpc) is 2.92. The third kappa shape index (κ3) is 9.15. The highest BCUT2D eigenvalue weighted by molar-refractivity contribution is 5.83. The van der Waals surface area contributed by atoms with Crippen molar-refractivity contribution in [1.82, 2.24) is 10.2 Å². The molecule has 2 amide bonds. The van der Waals surface area contributed by atoms with Crippen molar-refractivity contribution < 1.29 is 29.3 Å². The number of rotatable bonds is 12. The molecule has 9 nitrogen and oxygen atoms in total. The Kier molecular flexibility index (Phi) is 10.5. The number of aliphatic carboxylic acids is 1. The molecule has 5 N–H and O–H groups in total. The van der Waals surface area contributed by atoms with Crippen LogP contribution < -0.4 is 11.1 Å². The van der Waals surface area contributed by atoms with Crippen LogP contribution >= 0.6 is 0 Å². The maximum absolute atomic E-state index is 13.1. The lowest BCUT2D eigenvalue weighted by atomic mass is 10.0. The van der Waals surface area contributed by atoms with Crippen molar-refractivity contribution in [2.75, 3.05) is 18.8 Å². The van der Waals surface area contributed by atoms with Crippen LogP contribution in [0.15, 0.2) is 78.9 Å². The number of hydrogen-bond donors (Lipinski definition) is 4. The zero-order chi connectivity index (χ0) is 28.4. The Hall–Kier alpha value is -4.37. The lowest BCUT2D eigenvalue weighted by Gasteiger charge is -2.28. The molecule has 9 heteroatoms. The highest BCUT2D eigenvalue weighted by atomic mass is 16.5. The molecule has 1 unspecified atom stereocenters. The normalized spacial score (nSPS) is 12.4. The average molecular weight is 534 g/mol. The van der Waals surface area contributed by atoms with Crippen molar-refractivity contribution in [3.8, 4) is 11.1 Å². The van der Waals surface area contributed by atoms with E-state index in [4.69, 9.17) is 10.5 Å². The topological polar surface area (TPSA) is 142 Å². The molecule has 0 spiro atoms. The van der Waals surface area contributed by atoms with E-state index in [0.29, 0.717) is 5.69 Å². The maximum atomic E-state index is 13.1. The molecular weight excluding hydrogens is 498 g/mol. The van der Waals surface area contributed by atoms with E-state index >= 15 is 0 Å². The Morgan fingerprint density at radius 1 is 0.872 bits per heavy atom. The van der Waals surface area contributed by atoms with E-state index in [1.807, 2.05) is 68.4 Å². The lowest BCUT2D eigenvalue weighted by Crippen LogP contribution is -2.52. The van der Waals surface area contributed by atoms with Gasteiger partial charge in [-0.05, 0) is 40.3 Å². The summed E-state index contributed by atoms with van der Waals surface area (Å²) in [7, 11) is 0. The van der Waals surface area contributed by atoms with Crippen molar-refractivity contribution in [2.24, 2.45) is 5.92 Å². The molecule has 0 radical (unpaired) electrons. The molecule has 0 saturated carbocycles. The molecule has 0 aliphatic rings. The number of anilines is 1. The Morgan fingerprint density at radius 2 is 1.46 bits per heavy atom. The molecule has 2 atom stereocenters. The quantitative estimate of drug-likeness (QED) is 0.205.